The van der Waals surface area contributed by atoms with Gasteiger partial charge in [-0.15, -0.1) is 0 Å². The van der Waals surface area contributed by atoms with Crippen LogP contribution >= 0.6 is 0 Å². The number of nitriles is 1. The average molecular weight is 255 g/mol. The van der Waals surface area contributed by atoms with Gasteiger partial charge in [0.1, 0.15) is 6.07 Å². The summed E-state index contributed by atoms with van der Waals surface area (Å²) < 4.78 is 0. The molecule has 0 saturated heterocycles. The molecule has 0 radical (unpaired) electrons. The van der Waals surface area contributed by atoms with E-state index in [0.29, 0.717) is 23.2 Å². The number of nitrogens with one attached hydrogen (secondary N) is 1. The fourth-order valence-electron chi connectivity index (χ4n) is 2.95. The molecule has 2 aliphatic rings. The van der Waals surface area contributed by atoms with Crippen molar-refractivity contribution in [3.63, 3.8) is 0 Å². The summed E-state index contributed by atoms with van der Waals surface area (Å²) in [6, 6.07) is 6.75. The monoisotopic (exact) mass is 255 g/mol. The Kier molecular flexibility index (Phi) is 2.71. The Morgan fingerprint density at radius 2 is 2.32 bits per heavy atom. The third-order valence-corrected chi connectivity index (χ3v) is 4.04. The molecule has 0 amide bonds. The first-order valence-electron chi connectivity index (χ1n) is 6.31. The van der Waals surface area contributed by atoms with Crippen molar-refractivity contribution in [2.75, 3.05) is 5.32 Å². The predicted octanol–water partition coefficient (Wildman–Crippen LogP) is 2.84. The van der Waals surface area contributed by atoms with Crippen LogP contribution in [-0.2, 0) is 0 Å². The van der Waals surface area contributed by atoms with Gasteiger partial charge in [0, 0.05) is 24.1 Å². The highest BCUT2D eigenvalue weighted by molar-refractivity contribution is 5.62. The van der Waals surface area contributed by atoms with Gasteiger partial charge >= 0.3 is 0 Å². The largest absolute Gasteiger partial charge is 0.381 e. The van der Waals surface area contributed by atoms with E-state index in [0.717, 1.165) is 18.8 Å². The molecular formula is C14H13N3O2. The molecule has 0 aromatic heterocycles. The second kappa shape index (κ2) is 4.39. The van der Waals surface area contributed by atoms with E-state index in [1.54, 1.807) is 6.07 Å². The third kappa shape index (κ3) is 1.95. The van der Waals surface area contributed by atoms with E-state index in [1.165, 1.54) is 12.1 Å². The van der Waals surface area contributed by atoms with E-state index >= 15 is 0 Å². The fourth-order valence-corrected chi connectivity index (χ4v) is 2.95. The summed E-state index contributed by atoms with van der Waals surface area (Å²) in [5, 5.41) is 23.1. The van der Waals surface area contributed by atoms with Crippen LogP contribution in [0.25, 0.3) is 0 Å². The number of hydrogen-bond donors (Lipinski definition) is 1. The maximum Gasteiger partial charge on any atom is 0.270 e. The predicted molar refractivity (Wildman–Crippen MR) is 70.6 cm³/mol. The average Bonchev–Trinajstić information content (AvgIpc) is 2.77. The minimum atomic E-state index is -0.482. The minimum Gasteiger partial charge on any atom is -0.381 e. The van der Waals surface area contributed by atoms with Gasteiger partial charge in [0.2, 0.25) is 0 Å². The molecule has 5 nitrogen and oxygen atoms in total. The zero-order valence-electron chi connectivity index (χ0n) is 10.2. The quantitative estimate of drug-likeness (QED) is 0.511. The van der Waals surface area contributed by atoms with Crippen molar-refractivity contribution in [3.8, 4) is 6.07 Å². The Labute approximate surface area is 110 Å². The van der Waals surface area contributed by atoms with E-state index in [4.69, 9.17) is 5.26 Å². The van der Waals surface area contributed by atoms with E-state index in [2.05, 4.69) is 17.5 Å². The summed E-state index contributed by atoms with van der Waals surface area (Å²) in [7, 11) is 0. The molecule has 3 atom stereocenters. The molecule has 1 aromatic rings. The molecule has 0 spiro atoms. The Morgan fingerprint density at radius 3 is 3.00 bits per heavy atom. The normalized spacial score (nSPS) is 27.2. The van der Waals surface area contributed by atoms with Crippen molar-refractivity contribution in [1.82, 2.24) is 0 Å². The number of nitro benzene ring substituents is 1. The Bertz CT molecular complexity index is 603. The zero-order valence-corrected chi connectivity index (χ0v) is 10.2. The molecule has 0 heterocycles. The molecule has 19 heavy (non-hydrogen) atoms. The molecule has 2 aliphatic carbocycles. The number of allylic oxidation sites excluding steroid dienone is 1. The topological polar surface area (TPSA) is 79.0 Å². The van der Waals surface area contributed by atoms with Crippen LogP contribution in [0.4, 0.5) is 11.4 Å². The molecular weight excluding hydrogens is 242 g/mol. The van der Waals surface area contributed by atoms with Gasteiger partial charge in [-0.25, -0.2) is 0 Å². The van der Waals surface area contributed by atoms with Crippen LogP contribution in [0.3, 0.4) is 0 Å². The van der Waals surface area contributed by atoms with Gasteiger partial charge in [-0.1, -0.05) is 12.2 Å². The number of nitrogens with zero attached hydrogens (tertiary/aromatic N) is 2. The highest BCUT2D eigenvalue weighted by atomic mass is 16.6. The van der Waals surface area contributed by atoms with Crippen LogP contribution in [0.15, 0.2) is 30.4 Å². The number of anilines is 1. The first-order chi connectivity index (χ1) is 9.19. The summed E-state index contributed by atoms with van der Waals surface area (Å²) in [5.41, 5.74) is 0.978. The van der Waals surface area contributed by atoms with Crippen LogP contribution in [0, 0.1) is 33.3 Å². The lowest BCUT2D eigenvalue weighted by Crippen LogP contribution is -2.43. The lowest BCUT2D eigenvalue weighted by atomic mass is 9.71. The van der Waals surface area contributed by atoms with Crippen LogP contribution in [0.2, 0.25) is 0 Å². The Balaban J connectivity index is 1.79. The first-order valence-corrected chi connectivity index (χ1v) is 6.31. The van der Waals surface area contributed by atoms with Gasteiger partial charge in [-0.3, -0.25) is 10.1 Å². The summed E-state index contributed by atoms with van der Waals surface area (Å²) in [5.74, 6) is 1.28. The van der Waals surface area contributed by atoms with E-state index in [9.17, 15) is 10.1 Å². The van der Waals surface area contributed by atoms with E-state index in [1.807, 2.05) is 6.07 Å². The van der Waals surface area contributed by atoms with Crippen LogP contribution < -0.4 is 5.32 Å². The molecule has 1 N–H and O–H groups in total. The van der Waals surface area contributed by atoms with Crippen LogP contribution in [-0.4, -0.2) is 11.0 Å². The molecule has 3 unspecified atom stereocenters. The Morgan fingerprint density at radius 1 is 1.47 bits per heavy atom. The molecule has 5 heteroatoms. The van der Waals surface area contributed by atoms with Crippen molar-refractivity contribution < 1.29 is 4.92 Å². The Hall–Kier alpha value is -2.35. The maximum atomic E-state index is 10.7. The van der Waals surface area contributed by atoms with E-state index < -0.39 is 4.92 Å². The summed E-state index contributed by atoms with van der Waals surface area (Å²) in [6.45, 7) is 0. The van der Waals surface area contributed by atoms with Crippen molar-refractivity contribution in [1.29, 1.82) is 5.26 Å². The number of non-ortho nitro benzene ring substituents is 1. The number of hydrogen-bond acceptors (Lipinski definition) is 4. The molecule has 1 fully saturated rings. The van der Waals surface area contributed by atoms with Crippen LogP contribution in [0.5, 0.6) is 0 Å². The fraction of sp³-hybridized carbons (Fsp3) is 0.357. The standard InChI is InChI=1S/C14H13N3O2/c15-8-10-6-11(17(18)19)4-5-13(10)16-14-7-9-2-1-3-12(9)14/h1,3-6,9,12,14,16H,2,7H2. The van der Waals surface area contributed by atoms with Crippen LogP contribution in [0.1, 0.15) is 18.4 Å². The van der Waals surface area contributed by atoms with Gasteiger partial charge in [-0.05, 0) is 24.8 Å². The number of benzene rings is 1. The number of nitro groups is 1. The lowest BCUT2D eigenvalue weighted by molar-refractivity contribution is -0.384. The highest BCUT2D eigenvalue weighted by Gasteiger charge is 2.41. The second-order valence-corrected chi connectivity index (χ2v) is 5.09. The summed E-state index contributed by atoms with van der Waals surface area (Å²) >= 11 is 0. The summed E-state index contributed by atoms with van der Waals surface area (Å²) in [6.07, 6.45) is 6.68. The van der Waals surface area contributed by atoms with Gasteiger partial charge in [0.05, 0.1) is 16.2 Å². The van der Waals surface area contributed by atoms with Crippen molar-refractivity contribution in [2.24, 2.45) is 11.8 Å². The molecule has 96 valence electrons. The van der Waals surface area contributed by atoms with Gasteiger partial charge < -0.3 is 5.32 Å². The first kappa shape index (κ1) is 11.7. The smallest absolute Gasteiger partial charge is 0.270 e. The third-order valence-electron chi connectivity index (χ3n) is 4.04. The minimum absolute atomic E-state index is 0.0469. The van der Waals surface area contributed by atoms with Gasteiger partial charge in [0.25, 0.3) is 5.69 Å². The molecule has 1 aromatic carbocycles. The zero-order chi connectivity index (χ0) is 13.4. The number of fused-ring (bicyclic) bond motifs is 1. The van der Waals surface area contributed by atoms with Gasteiger partial charge in [-0.2, -0.15) is 5.26 Å². The molecule has 3 rings (SSSR count). The lowest BCUT2D eigenvalue weighted by Gasteiger charge is -2.41. The van der Waals surface area contributed by atoms with Crippen molar-refractivity contribution >= 4 is 11.4 Å². The maximum absolute atomic E-state index is 10.7. The van der Waals surface area contributed by atoms with Crippen molar-refractivity contribution in [2.45, 2.75) is 18.9 Å². The SMILES string of the molecule is N#Cc1cc([N+](=O)[O-])ccc1NC1CC2CC=CC21. The second-order valence-electron chi connectivity index (χ2n) is 5.09. The molecule has 0 aliphatic heterocycles. The van der Waals surface area contributed by atoms with E-state index in [-0.39, 0.29) is 5.69 Å². The molecule has 0 bridgehead atoms. The van der Waals surface area contributed by atoms with Gasteiger partial charge in [0.15, 0.2) is 0 Å². The highest BCUT2D eigenvalue weighted by Crippen LogP contribution is 2.44. The summed E-state index contributed by atoms with van der Waals surface area (Å²) in [4.78, 5) is 10.2. The molecule has 1 saturated carbocycles. The van der Waals surface area contributed by atoms with Crippen molar-refractivity contribution in [3.05, 3.63) is 46.0 Å². The number of rotatable bonds is 3.